The Balaban J connectivity index is 2.15. The van der Waals surface area contributed by atoms with Gasteiger partial charge in [-0.3, -0.25) is 0 Å². The molecular weight excluding hydrogens is 326 g/mol. The highest BCUT2D eigenvalue weighted by Gasteiger charge is 2.23. The number of fused-ring (bicyclic) bond motifs is 2. The number of nitrogens with one attached hydrogen (secondary N) is 1. The highest BCUT2D eigenvalue weighted by molar-refractivity contribution is 6.05. The molecule has 0 unspecified atom stereocenters. The van der Waals surface area contributed by atoms with Crippen molar-refractivity contribution in [2.24, 2.45) is 0 Å². The predicted octanol–water partition coefficient (Wildman–Crippen LogP) is 4.70. The summed E-state index contributed by atoms with van der Waals surface area (Å²) in [5, 5.41) is 26.3. The van der Waals surface area contributed by atoms with Crippen LogP contribution >= 0.6 is 0 Å². The molecule has 0 saturated heterocycles. The molecule has 0 fully saturated rings. The van der Waals surface area contributed by atoms with E-state index in [9.17, 15) is 10.2 Å². The summed E-state index contributed by atoms with van der Waals surface area (Å²) in [6.45, 7) is 4.53. The average Bonchev–Trinajstić information content (AvgIpc) is 2.62. The van der Waals surface area contributed by atoms with Crippen LogP contribution in [0.25, 0.3) is 28.0 Å². The fourth-order valence-corrected chi connectivity index (χ4v) is 3.79. The summed E-state index contributed by atoms with van der Waals surface area (Å²) < 4.78 is 5.55. The summed E-state index contributed by atoms with van der Waals surface area (Å²) in [6.07, 6.45) is 1.98. The van der Waals surface area contributed by atoms with Crippen LogP contribution in [0.3, 0.4) is 0 Å². The van der Waals surface area contributed by atoms with Gasteiger partial charge in [0.1, 0.15) is 17.2 Å². The van der Waals surface area contributed by atoms with Crippen molar-refractivity contribution in [3.05, 3.63) is 58.8 Å². The molecule has 4 rings (SSSR count). The molecule has 3 N–H and O–H groups in total. The van der Waals surface area contributed by atoms with E-state index in [1.54, 1.807) is 7.11 Å². The Morgan fingerprint density at radius 3 is 2.42 bits per heavy atom. The molecule has 0 atom stereocenters. The number of hydrogen-bond acceptors (Lipinski definition) is 4. The van der Waals surface area contributed by atoms with E-state index < -0.39 is 0 Å². The Morgan fingerprint density at radius 2 is 1.69 bits per heavy atom. The maximum Gasteiger partial charge on any atom is 0.127 e. The maximum atomic E-state index is 10.8. The second-order valence-electron chi connectivity index (χ2n) is 6.68. The molecule has 1 aliphatic heterocycles. The van der Waals surface area contributed by atoms with Crippen molar-refractivity contribution in [3.63, 3.8) is 0 Å². The number of ether oxygens (including phenoxy) is 1. The Kier molecular flexibility index (Phi) is 3.76. The number of hydrogen-bond donors (Lipinski definition) is 3. The number of benzene rings is 3. The molecule has 0 saturated carbocycles. The second-order valence-corrected chi connectivity index (χ2v) is 6.68. The lowest BCUT2D eigenvalue weighted by molar-refractivity contribution is 0.419. The third kappa shape index (κ3) is 2.37. The van der Waals surface area contributed by atoms with Crippen LogP contribution in [-0.2, 0) is 6.54 Å². The molecule has 132 valence electrons. The van der Waals surface area contributed by atoms with Crippen LogP contribution in [0, 0.1) is 6.92 Å². The van der Waals surface area contributed by atoms with Gasteiger partial charge in [0.15, 0.2) is 0 Å². The molecule has 0 bridgehead atoms. The quantitative estimate of drug-likeness (QED) is 0.629. The number of allylic oxidation sites excluding steroid dienone is 1. The zero-order valence-electron chi connectivity index (χ0n) is 15.1. The van der Waals surface area contributed by atoms with Gasteiger partial charge in [0.2, 0.25) is 0 Å². The van der Waals surface area contributed by atoms with Crippen LogP contribution in [0.15, 0.2) is 42.1 Å². The van der Waals surface area contributed by atoms with Crippen LogP contribution in [0.4, 0.5) is 0 Å². The zero-order chi connectivity index (χ0) is 18.4. The third-order valence-electron chi connectivity index (χ3n) is 5.01. The number of aromatic hydroxyl groups is 2. The molecule has 26 heavy (non-hydrogen) atoms. The SMILES string of the molecule is COc1cc(C)c(-c2c(O)cc(O)c3c2C=C(C)NC3)c2ccccc12. The monoisotopic (exact) mass is 347 g/mol. The predicted molar refractivity (Wildman–Crippen MR) is 104 cm³/mol. The maximum absolute atomic E-state index is 10.8. The smallest absolute Gasteiger partial charge is 0.127 e. The van der Waals surface area contributed by atoms with Crippen molar-refractivity contribution in [2.45, 2.75) is 20.4 Å². The number of rotatable bonds is 2. The topological polar surface area (TPSA) is 61.7 Å². The fraction of sp³-hybridized carbons (Fsp3) is 0.182. The van der Waals surface area contributed by atoms with E-state index >= 15 is 0 Å². The first-order valence-corrected chi connectivity index (χ1v) is 8.58. The van der Waals surface area contributed by atoms with E-state index in [1.165, 1.54) is 6.07 Å². The van der Waals surface area contributed by atoms with Crippen molar-refractivity contribution < 1.29 is 14.9 Å². The van der Waals surface area contributed by atoms with Crippen LogP contribution in [0.1, 0.15) is 23.6 Å². The lowest BCUT2D eigenvalue weighted by Gasteiger charge is -2.23. The third-order valence-corrected chi connectivity index (χ3v) is 5.01. The van der Waals surface area contributed by atoms with Gasteiger partial charge in [-0.05, 0) is 48.1 Å². The Bertz CT molecular complexity index is 1070. The molecule has 4 heteroatoms. The Morgan fingerprint density at radius 1 is 0.962 bits per heavy atom. The van der Waals surface area contributed by atoms with Gasteiger partial charge < -0.3 is 20.3 Å². The number of aryl methyl sites for hydroxylation is 1. The summed E-state index contributed by atoms with van der Waals surface area (Å²) in [7, 11) is 1.67. The fourth-order valence-electron chi connectivity index (χ4n) is 3.79. The summed E-state index contributed by atoms with van der Waals surface area (Å²) in [5.41, 5.74) is 5.36. The van der Waals surface area contributed by atoms with Crippen molar-refractivity contribution in [3.8, 4) is 28.4 Å². The standard InChI is InChI=1S/C22H21NO3/c1-12-8-20(26-3)14-6-4-5-7-15(14)21(12)22-16-9-13(2)23-11-17(16)18(24)10-19(22)25/h4-10,23-25H,11H2,1-3H3. The first-order valence-electron chi connectivity index (χ1n) is 8.58. The molecule has 1 heterocycles. The summed E-state index contributed by atoms with van der Waals surface area (Å²) in [4.78, 5) is 0. The highest BCUT2D eigenvalue weighted by Crippen LogP contribution is 2.46. The Hall–Kier alpha value is -3.14. The van der Waals surface area contributed by atoms with Gasteiger partial charge in [0.25, 0.3) is 0 Å². The molecule has 0 amide bonds. The van der Waals surface area contributed by atoms with E-state index in [0.717, 1.165) is 50.0 Å². The first kappa shape index (κ1) is 16.3. The van der Waals surface area contributed by atoms with Crippen molar-refractivity contribution in [1.29, 1.82) is 0 Å². The van der Waals surface area contributed by atoms with Crippen LogP contribution in [0.2, 0.25) is 0 Å². The molecular formula is C22H21NO3. The molecule has 0 spiro atoms. The average molecular weight is 347 g/mol. The summed E-state index contributed by atoms with van der Waals surface area (Å²) in [5.74, 6) is 0.987. The number of phenolic OH excluding ortho intramolecular Hbond substituents is 2. The minimum absolute atomic E-state index is 0.0746. The van der Waals surface area contributed by atoms with E-state index in [4.69, 9.17) is 4.74 Å². The number of methoxy groups -OCH3 is 1. The highest BCUT2D eigenvalue weighted by atomic mass is 16.5. The van der Waals surface area contributed by atoms with Crippen molar-refractivity contribution >= 4 is 16.8 Å². The summed E-state index contributed by atoms with van der Waals surface area (Å²) >= 11 is 0. The van der Waals surface area contributed by atoms with Crippen LogP contribution in [-0.4, -0.2) is 17.3 Å². The van der Waals surface area contributed by atoms with Crippen LogP contribution < -0.4 is 10.1 Å². The lowest BCUT2D eigenvalue weighted by atomic mass is 9.86. The minimum atomic E-state index is 0.0746. The van der Waals surface area contributed by atoms with Crippen LogP contribution in [0.5, 0.6) is 17.2 Å². The Labute approximate surface area is 152 Å². The van der Waals surface area contributed by atoms with Gasteiger partial charge in [-0.15, -0.1) is 0 Å². The molecule has 1 aliphatic rings. The molecule has 0 aromatic heterocycles. The second kappa shape index (κ2) is 5.99. The van der Waals surface area contributed by atoms with Gasteiger partial charge in [-0.25, -0.2) is 0 Å². The van der Waals surface area contributed by atoms with E-state index in [2.05, 4.69) is 5.32 Å². The van der Waals surface area contributed by atoms with Gasteiger partial charge >= 0.3 is 0 Å². The van der Waals surface area contributed by atoms with E-state index in [0.29, 0.717) is 6.54 Å². The van der Waals surface area contributed by atoms with Gasteiger partial charge in [-0.2, -0.15) is 0 Å². The zero-order valence-corrected chi connectivity index (χ0v) is 15.1. The minimum Gasteiger partial charge on any atom is -0.507 e. The van der Waals surface area contributed by atoms with Gasteiger partial charge in [0, 0.05) is 34.8 Å². The normalized spacial score (nSPS) is 13.1. The molecule has 4 nitrogen and oxygen atoms in total. The summed E-state index contributed by atoms with van der Waals surface area (Å²) in [6, 6.07) is 11.4. The van der Waals surface area contributed by atoms with Gasteiger partial charge in [-0.1, -0.05) is 24.3 Å². The molecule has 0 radical (unpaired) electrons. The number of phenols is 2. The molecule has 3 aromatic carbocycles. The van der Waals surface area contributed by atoms with E-state index in [1.807, 2.05) is 50.3 Å². The van der Waals surface area contributed by atoms with Crippen molar-refractivity contribution in [1.82, 2.24) is 5.32 Å². The molecule has 3 aromatic rings. The van der Waals surface area contributed by atoms with Crippen molar-refractivity contribution in [2.75, 3.05) is 7.11 Å². The molecule has 0 aliphatic carbocycles. The first-order chi connectivity index (χ1) is 12.5. The lowest BCUT2D eigenvalue weighted by Crippen LogP contribution is -2.16. The van der Waals surface area contributed by atoms with Gasteiger partial charge in [0.05, 0.1) is 7.11 Å². The van der Waals surface area contributed by atoms with E-state index in [-0.39, 0.29) is 11.5 Å². The largest absolute Gasteiger partial charge is 0.507 e.